The van der Waals surface area contributed by atoms with Crippen molar-refractivity contribution in [2.75, 3.05) is 6.54 Å². The molecule has 0 saturated heterocycles. The molecule has 4 atom stereocenters. The second kappa shape index (κ2) is 11.2. The van der Waals surface area contributed by atoms with E-state index in [1.807, 2.05) is 6.92 Å². The number of rotatable bonds is 11. The molecule has 9 N–H and O–H groups in total. The molecule has 0 aromatic rings. The summed E-state index contributed by atoms with van der Waals surface area (Å²) in [5, 5.41) is 23.5. The molecule has 0 aliphatic heterocycles. The summed E-state index contributed by atoms with van der Waals surface area (Å²) in [6.45, 7) is 5.43. The first kappa shape index (κ1) is 22.6. The second-order valence-corrected chi connectivity index (χ2v) is 6.03. The van der Waals surface area contributed by atoms with Crippen LogP contribution >= 0.6 is 0 Å². The monoisotopic (exact) mass is 358 g/mol. The molecule has 0 bridgehead atoms. The average Bonchev–Trinajstić information content (AvgIpc) is 2.54. The summed E-state index contributed by atoms with van der Waals surface area (Å²) in [5.74, 6) is -2.53. The standard InChI is InChI=1S/C15H30N6O4/c1-4-8(2)11(13(23)20-9(3)14(24)25)21-12(22)10(16)6-5-7-19-15(17)18/h8-11H,4-7,16H2,1-3H3,(H,20,23)(H,21,22)(H,24,25)(H4,17,18,19)/t8-,9-,10-,11-/m0/s1. The van der Waals surface area contributed by atoms with Crippen molar-refractivity contribution in [2.24, 2.45) is 17.4 Å². The van der Waals surface area contributed by atoms with Crippen LogP contribution in [0.25, 0.3) is 0 Å². The maximum Gasteiger partial charge on any atom is 0.325 e. The van der Waals surface area contributed by atoms with E-state index in [1.165, 1.54) is 6.92 Å². The lowest BCUT2D eigenvalue weighted by molar-refractivity contribution is -0.142. The maximum atomic E-state index is 12.3. The third-order valence-corrected chi connectivity index (χ3v) is 3.87. The van der Waals surface area contributed by atoms with Gasteiger partial charge in [-0.25, -0.2) is 0 Å². The number of aliphatic carboxylic acids is 1. The minimum Gasteiger partial charge on any atom is -0.480 e. The lowest BCUT2D eigenvalue weighted by Crippen LogP contribution is -2.56. The van der Waals surface area contributed by atoms with Crippen LogP contribution in [0.15, 0.2) is 0 Å². The van der Waals surface area contributed by atoms with Gasteiger partial charge in [0.2, 0.25) is 11.8 Å². The molecule has 144 valence electrons. The highest BCUT2D eigenvalue weighted by atomic mass is 16.4. The molecular formula is C15H30N6O4. The molecule has 0 aliphatic rings. The Bertz CT molecular complexity index is 485. The van der Waals surface area contributed by atoms with Gasteiger partial charge in [0.25, 0.3) is 0 Å². The largest absolute Gasteiger partial charge is 0.480 e. The van der Waals surface area contributed by atoms with Crippen molar-refractivity contribution in [1.29, 1.82) is 5.41 Å². The van der Waals surface area contributed by atoms with Gasteiger partial charge in [0.1, 0.15) is 12.1 Å². The van der Waals surface area contributed by atoms with Gasteiger partial charge in [0.15, 0.2) is 5.96 Å². The van der Waals surface area contributed by atoms with E-state index in [4.69, 9.17) is 22.0 Å². The number of carboxylic acids is 1. The van der Waals surface area contributed by atoms with Crippen molar-refractivity contribution in [1.82, 2.24) is 16.0 Å². The molecule has 0 spiro atoms. The van der Waals surface area contributed by atoms with Crippen LogP contribution in [0.3, 0.4) is 0 Å². The van der Waals surface area contributed by atoms with Gasteiger partial charge in [-0.15, -0.1) is 0 Å². The van der Waals surface area contributed by atoms with Gasteiger partial charge in [-0.3, -0.25) is 19.8 Å². The number of carbonyl (C=O) groups is 3. The zero-order chi connectivity index (χ0) is 19.6. The van der Waals surface area contributed by atoms with Crippen LogP contribution in [0.2, 0.25) is 0 Å². The predicted octanol–water partition coefficient (Wildman–Crippen LogP) is -1.30. The Morgan fingerprint density at radius 1 is 1.16 bits per heavy atom. The van der Waals surface area contributed by atoms with Crippen LogP contribution < -0.4 is 27.4 Å². The minimum absolute atomic E-state index is 0.154. The Morgan fingerprint density at radius 2 is 1.76 bits per heavy atom. The van der Waals surface area contributed by atoms with E-state index in [2.05, 4.69) is 16.0 Å². The van der Waals surface area contributed by atoms with Crippen LogP contribution in [0, 0.1) is 11.3 Å². The highest BCUT2D eigenvalue weighted by Gasteiger charge is 2.29. The molecule has 0 fully saturated rings. The summed E-state index contributed by atoms with van der Waals surface area (Å²) in [6.07, 6.45) is 1.51. The molecule has 0 aromatic heterocycles. The zero-order valence-electron chi connectivity index (χ0n) is 15.0. The Labute approximate surface area is 147 Å². The first-order valence-corrected chi connectivity index (χ1v) is 8.27. The van der Waals surface area contributed by atoms with E-state index in [-0.39, 0.29) is 11.9 Å². The first-order chi connectivity index (χ1) is 11.6. The Kier molecular flexibility index (Phi) is 10.2. The molecule has 10 nitrogen and oxygen atoms in total. The third-order valence-electron chi connectivity index (χ3n) is 3.87. The number of hydrogen-bond acceptors (Lipinski definition) is 5. The molecule has 0 radical (unpaired) electrons. The molecule has 0 rings (SSSR count). The number of carbonyl (C=O) groups excluding carboxylic acids is 2. The molecule has 25 heavy (non-hydrogen) atoms. The van der Waals surface area contributed by atoms with E-state index in [1.54, 1.807) is 6.92 Å². The summed E-state index contributed by atoms with van der Waals surface area (Å²) in [7, 11) is 0. The fourth-order valence-electron chi connectivity index (χ4n) is 2.00. The van der Waals surface area contributed by atoms with Crippen molar-refractivity contribution in [3.8, 4) is 0 Å². The molecule has 0 saturated carbocycles. The van der Waals surface area contributed by atoms with Gasteiger partial charge in [-0.05, 0) is 25.7 Å². The summed E-state index contributed by atoms with van der Waals surface area (Å²) in [6, 6.07) is -2.73. The number of carboxylic acid groups (broad SMARTS) is 1. The molecular weight excluding hydrogens is 328 g/mol. The topological polar surface area (TPSA) is 183 Å². The van der Waals surface area contributed by atoms with Gasteiger partial charge < -0.3 is 32.5 Å². The number of hydrogen-bond donors (Lipinski definition) is 7. The van der Waals surface area contributed by atoms with Gasteiger partial charge >= 0.3 is 5.97 Å². The van der Waals surface area contributed by atoms with Crippen molar-refractivity contribution in [2.45, 2.75) is 58.2 Å². The smallest absolute Gasteiger partial charge is 0.325 e. The minimum atomic E-state index is -1.16. The average molecular weight is 358 g/mol. The van der Waals surface area contributed by atoms with E-state index in [0.717, 1.165) is 0 Å². The van der Waals surface area contributed by atoms with E-state index < -0.39 is 35.9 Å². The number of nitrogens with two attached hydrogens (primary N) is 2. The number of guanidine groups is 1. The quantitative estimate of drug-likeness (QED) is 0.136. The molecule has 0 unspecified atom stereocenters. The summed E-state index contributed by atoms with van der Waals surface area (Å²) in [5.41, 5.74) is 11.0. The maximum absolute atomic E-state index is 12.3. The first-order valence-electron chi connectivity index (χ1n) is 8.27. The van der Waals surface area contributed by atoms with Crippen LogP contribution in [-0.2, 0) is 14.4 Å². The SMILES string of the molecule is CC[C@H](C)[C@H](NC(=O)[C@@H](N)CCCNC(=N)N)C(=O)N[C@@H](C)C(=O)O. The lowest BCUT2D eigenvalue weighted by Gasteiger charge is -2.26. The fourth-order valence-corrected chi connectivity index (χ4v) is 2.00. The summed E-state index contributed by atoms with van der Waals surface area (Å²) >= 11 is 0. The lowest BCUT2D eigenvalue weighted by atomic mass is 9.97. The highest BCUT2D eigenvalue weighted by molar-refractivity contribution is 5.91. The molecule has 2 amide bonds. The zero-order valence-corrected chi connectivity index (χ0v) is 15.0. The normalized spacial score (nSPS) is 15.4. The van der Waals surface area contributed by atoms with Crippen molar-refractivity contribution >= 4 is 23.7 Å². The Morgan fingerprint density at radius 3 is 2.24 bits per heavy atom. The van der Waals surface area contributed by atoms with Crippen LogP contribution in [0.4, 0.5) is 0 Å². The van der Waals surface area contributed by atoms with Crippen LogP contribution in [0.1, 0.15) is 40.0 Å². The number of amides is 2. The molecule has 0 aromatic carbocycles. The molecule has 10 heteroatoms. The molecule has 0 heterocycles. The Hall–Kier alpha value is -2.36. The van der Waals surface area contributed by atoms with Gasteiger partial charge in [0, 0.05) is 6.54 Å². The summed E-state index contributed by atoms with van der Waals surface area (Å²) < 4.78 is 0. The second-order valence-electron chi connectivity index (χ2n) is 6.03. The van der Waals surface area contributed by atoms with Crippen molar-refractivity contribution in [3.63, 3.8) is 0 Å². The van der Waals surface area contributed by atoms with Crippen LogP contribution in [0.5, 0.6) is 0 Å². The fraction of sp³-hybridized carbons (Fsp3) is 0.733. The third kappa shape index (κ3) is 8.89. The van der Waals surface area contributed by atoms with E-state index in [9.17, 15) is 14.4 Å². The Balaban J connectivity index is 4.68. The number of nitrogens with one attached hydrogen (secondary N) is 4. The summed E-state index contributed by atoms with van der Waals surface area (Å²) in [4.78, 5) is 35.4. The predicted molar refractivity (Wildman–Crippen MR) is 93.8 cm³/mol. The van der Waals surface area contributed by atoms with Gasteiger partial charge in [-0.2, -0.15) is 0 Å². The van der Waals surface area contributed by atoms with Crippen molar-refractivity contribution in [3.05, 3.63) is 0 Å². The van der Waals surface area contributed by atoms with Gasteiger partial charge in [0.05, 0.1) is 6.04 Å². The molecule has 0 aliphatic carbocycles. The van der Waals surface area contributed by atoms with E-state index in [0.29, 0.717) is 25.8 Å². The van der Waals surface area contributed by atoms with E-state index >= 15 is 0 Å². The van der Waals surface area contributed by atoms with Gasteiger partial charge in [-0.1, -0.05) is 20.3 Å². The highest BCUT2D eigenvalue weighted by Crippen LogP contribution is 2.09. The van der Waals surface area contributed by atoms with Crippen molar-refractivity contribution < 1.29 is 19.5 Å². The van der Waals surface area contributed by atoms with Crippen LogP contribution in [-0.4, -0.2) is 53.5 Å².